The van der Waals surface area contributed by atoms with Crippen molar-refractivity contribution in [3.63, 3.8) is 0 Å². The molecule has 0 spiro atoms. The van der Waals surface area contributed by atoms with Crippen molar-refractivity contribution in [1.82, 2.24) is 15.1 Å². The van der Waals surface area contributed by atoms with Gasteiger partial charge in [-0.05, 0) is 47.6 Å². The minimum absolute atomic E-state index is 0.201. The fourth-order valence-corrected chi connectivity index (χ4v) is 4.58. The van der Waals surface area contributed by atoms with Gasteiger partial charge in [0, 0.05) is 24.2 Å². The van der Waals surface area contributed by atoms with E-state index < -0.39 is 5.97 Å². The first kappa shape index (κ1) is 20.5. The topological polar surface area (TPSA) is 67.2 Å². The Balaban J connectivity index is 1.23. The molecule has 2 N–H and O–H groups in total. The molecule has 1 aliphatic rings. The lowest BCUT2D eigenvalue weighted by Gasteiger charge is -2.12. The molecule has 0 aliphatic heterocycles. The van der Waals surface area contributed by atoms with Gasteiger partial charge in [0.1, 0.15) is 0 Å². The summed E-state index contributed by atoms with van der Waals surface area (Å²) < 4.78 is 1.99. The summed E-state index contributed by atoms with van der Waals surface area (Å²) in [6.07, 6.45) is 4.50. The molecule has 5 nitrogen and oxygen atoms in total. The van der Waals surface area contributed by atoms with Gasteiger partial charge in [0.05, 0.1) is 18.0 Å². The molecule has 1 saturated carbocycles. The van der Waals surface area contributed by atoms with Crippen LogP contribution in [0.15, 0.2) is 79.0 Å². The molecule has 5 rings (SSSR count). The maximum Gasteiger partial charge on any atom is 0.306 e. The van der Waals surface area contributed by atoms with Crippen LogP contribution in [0.4, 0.5) is 0 Å². The number of aliphatic carboxylic acids is 1. The first-order valence-corrected chi connectivity index (χ1v) is 11.2. The molecule has 3 aromatic carbocycles. The van der Waals surface area contributed by atoms with Gasteiger partial charge in [-0.2, -0.15) is 5.10 Å². The van der Waals surface area contributed by atoms with Crippen LogP contribution < -0.4 is 5.32 Å². The highest BCUT2D eigenvalue weighted by atomic mass is 16.4. The Bertz CT molecular complexity index is 1210. The number of fused-ring (bicyclic) bond motifs is 1. The molecular weight excluding hydrogens is 398 g/mol. The Morgan fingerprint density at radius 3 is 2.47 bits per heavy atom. The quantitative estimate of drug-likeness (QED) is 0.433. The summed E-state index contributed by atoms with van der Waals surface area (Å²) in [5.41, 5.74) is 5.82. The van der Waals surface area contributed by atoms with Crippen molar-refractivity contribution in [3.05, 3.63) is 90.1 Å². The third kappa shape index (κ3) is 4.58. The van der Waals surface area contributed by atoms with Crippen molar-refractivity contribution in [2.75, 3.05) is 0 Å². The summed E-state index contributed by atoms with van der Waals surface area (Å²) in [5, 5.41) is 18.6. The molecule has 1 heterocycles. The van der Waals surface area contributed by atoms with Crippen LogP contribution in [0.3, 0.4) is 0 Å². The number of carboxylic acid groups (broad SMARTS) is 1. The third-order valence-electron chi connectivity index (χ3n) is 6.40. The van der Waals surface area contributed by atoms with E-state index in [0.29, 0.717) is 0 Å². The summed E-state index contributed by atoms with van der Waals surface area (Å²) in [6, 6.07) is 25.7. The van der Waals surface area contributed by atoms with E-state index in [1.165, 1.54) is 22.3 Å². The summed E-state index contributed by atoms with van der Waals surface area (Å²) in [7, 11) is 0. The first-order chi connectivity index (χ1) is 15.6. The van der Waals surface area contributed by atoms with Crippen molar-refractivity contribution >= 4 is 16.9 Å². The molecule has 1 aliphatic carbocycles. The number of rotatable bonds is 7. The van der Waals surface area contributed by atoms with Crippen molar-refractivity contribution in [3.8, 4) is 11.1 Å². The van der Waals surface area contributed by atoms with E-state index in [1.54, 1.807) is 0 Å². The second-order valence-corrected chi connectivity index (χ2v) is 8.71. The van der Waals surface area contributed by atoms with E-state index >= 15 is 0 Å². The van der Waals surface area contributed by atoms with Crippen LogP contribution in [0.25, 0.3) is 22.0 Å². The van der Waals surface area contributed by atoms with Gasteiger partial charge in [-0.25, -0.2) is 0 Å². The minimum Gasteiger partial charge on any atom is -0.481 e. The highest BCUT2D eigenvalue weighted by molar-refractivity contribution is 5.78. The van der Waals surface area contributed by atoms with Gasteiger partial charge in [0.2, 0.25) is 0 Å². The summed E-state index contributed by atoms with van der Waals surface area (Å²) in [4.78, 5) is 11.1. The maximum absolute atomic E-state index is 11.1. The van der Waals surface area contributed by atoms with E-state index in [-0.39, 0.29) is 12.0 Å². The van der Waals surface area contributed by atoms with E-state index in [4.69, 9.17) is 5.10 Å². The van der Waals surface area contributed by atoms with E-state index in [2.05, 4.69) is 78.2 Å². The molecule has 0 radical (unpaired) electrons. The van der Waals surface area contributed by atoms with Gasteiger partial charge < -0.3 is 10.4 Å². The van der Waals surface area contributed by atoms with Gasteiger partial charge >= 0.3 is 5.97 Å². The normalized spacial score (nSPS) is 18.2. The zero-order valence-electron chi connectivity index (χ0n) is 17.9. The molecule has 5 heteroatoms. The Labute approximate surface area is 187 Å². The van der Waals surface area contributed by atoms with Crippen molar-refractivity contribution < 1.29 is 9.90 Å². The van der Waals surface area contributed by atoms with Crippen LogP contribution in [-0.2, 0) is 17.9 Å². The summed E-state index contributed by atoms with van der Waals surface area (Å²) >= 11 is 0. The van der Waals surface area contributed by atoms with Crippen molar-refractivity contribution in [2.24, 2.45) is 5.92 Å². The monoisotopic (exact) mass is 425 g/mol. The molecule has 4 aromatic rings. The predicted molar refractivity (Wildman–Crippen MR) is 126 cm³/mol. The lowest BCUT2D eigenvalue weighted by molar-refractivity contribution is -0.141. The second-order valence-electron chi connectivity index (χ2n) is 8.71. The van der Waals surface area contributed by atoms with Gasteiger partial charge in [-0.15, -0.1) is 0 Å². The molecule has 1 fully saturated rings. The molecule has 1 aromatic heterocycles. The molecule has 0 amide bonds. The van der Waals surface area contributed by atoms with E-state index in [9.17, 15) is 9.90 Å². The highest BCUT2D eigenvalue weighted by Crippen LogP contribution is 2.26. The number of nitrogens with zero attached hydrogens (tertiary/aromatic N) is 2. The van der Waals surface area contributed by atoms with Gasteiger partial charge in [-0.1, -0.05) is 66.7 Å². The maximum atomic E-state index is 11.1. The molecule has 0 bridgehead atoms. The predicted octanol–water partition coefficient (Wildman–Crippen LogP) is 5.09. The minimum atomic E-state index is -0.670. The molecule has 0 unspecified atom stereocenters. The first-order valence-electron chi connectivity index (χ1n) is 11.2. The smallest absolute Gasteiger partial charge is 0.306 e. The fourth-order valence-electron chi connectivity index (χ4n) is 4.58. The second kappa shape index (κ2) is 8.97. The number of carboxylic acids is 1. The average molecular weight is 426 g/mol. The van der Waals surface area contributed by atoms with E-state index in [0.717, 1.165) is 43.3 Å². The Morgan fingerprint density at radius 1 is 0.969 bits per heavy atom. The standard InChI is InChI=1S/C27H27N3O2/c31-27(32)23-12-13-25(15-23)28-16-20-8-11-24-18-30(29-26(24)14-20)17-19-6-9-22(10-7-19)21-4-2-1-3-5-21/h1-11,14,18,23,25,28H,12-13,15-17H2,(H,31,32)/t23-,25+/m1/s1. The largest absolute Gasteiger partial charge is 0.481 e. The van der Waals surface area contributed by atoms with Crippen LogP contribution >= 0.6 is 0 Å². The van der Waals surface area contributed by atoms with Crippen molar-refractivity contribution in [2.45, 2.75) is 38.4 Å². The molecule has 32 heavy (non-hydrogen) atoms. The molecular formula is C27H27N3O2. The fraction of sp³-hybridized carbons (Fsp3) is 0.259. The summed E-state index contributed by atoms with van der Waals surface area (Å²) in [5.74, 6) is -0.872. The van der Waals surface area contributed by atoms with E-state index in [1.807, 2.05) is 10.7 Å². The Morgan fingerprint density at radius 2 is 1.72 bits per heavy atom. The summed E-state index contributed by atoms with van der Waals surface area (Å²) in [6.45, 7) is 1.47. The molecule has 162 valence electrons. The van der Waals surface area contributed by atoms with Crippen LogP contribution in [0.1, 0.15) is 30.4 Å². The number of hydrogen-bond donors (Lipinski definition) is 2. The van der Waals surface area contributed by atoms with Crippen molar-refractivity contribution in [1.29, 1.82) is 0 Å². The lowest BCUT2D eigenvalue weighted by Crippen LogP contribution is -2.26. The van der Waals surface area contributed by atoms with Crippen LogP contribution in [-0.4, -0.2) is 26.9 Å². The third-order valence-corrected chi connectivity index (χ3v) is 6.40. The van der Waals surface area contributed by atoms with Crippen LogP contribution in [0, 0.1) is 5.92 Å². The Kier molecular flexibility index (Phi) is 5.73. The SMILES string of the molecule is O=C(O)[C@@H]1CC[C@H](NCc2ccc3cn(Cc4ccc(-c5ccccc5)cc4)nc3c2)C1. The number of aromatic nitrogens is 2. The number of nitrogens with one attached hydrogen (secondary N) is 1. The van der Waals surface area contributed by atoms with Gasteiger partial charge in [0.15, 0.2) is 0 Å². The number of carbonyl (C=O) groups is 1. The van der Waals surface area contributed by atoms with Gasteiger partial charge in [0.25, 0.3) is 0 Å². The highest BCUT2D eigenvalue weighted by Gasteiger charge is 2.29. The number of benzene rings is 3. The zero-order chi connectivity index (χ0) is 21.9. The lowest BCUT2D eigenvalue weighted by atomic mass is 10.0. The van der Waals surface area contributed by atoms with Crippen LogP contribution in [0.2, 0.25) is 0 Å². The van der Waals surface area contributed by atoms with Crippen LogP contribution in [0.5, 0.6) is 0 Å². The molecule has 0 saturated heterocycles. The molecule has 2 atom stereocenters. The van der Waals surface area contributed by atoms with Gasteiger partial charge in [-0.3, -0.25) is 9.48 Å². The average Bonchev–Trinajstić information content (AvgIpc) is 3.45. The number of hydrogen-bond acceptors (Lipinski definition) is 3. The Hall–Kier alpha value is -3.44. The zero-order valence-corrected chi connectivity index (χ0v) is 17.9.